The molecule has 3 rings (SSSR count). The van der Waals surface area contributed by atoms with E-state index in [0.29, 0.717) is 17.0 Å². The lowest BCUT2D eigenvalue weighted by molar-refractivity contribution is -0.137. The number of nitrogens with one attached hydrogen (secondary N) is 1. The molecule has 0 spiro atoms. The molecule has 0 saturated heterocycles. The molecule has 0 amide bonds. The van der Waals surface area contributed by atoms with E-state index in [-0.39, 0.29) is 5.82 Å². The van der Waals surface area contributed by atoms with Crippen molar-refractivity contribution in [3.05, 3.63) is 41.4 Å². The Bertz CT molecular complexity index is 745. The predicted molar refractivity (Wildman–Crippen MR) is 74.5 cm³/mol. The highest BCUT2D eigenvalue weighted by atomic mass is 32.1. The van der Waals surface area contributed by atoms with E-state index >= 15 is 0 Å². The molecule has 3 aromatic heterocycles. The number of aromatic nitrogens is 3. The molecule has 0 bridgehead atoms. The van der Waals surface area contributed by atoms with Gasteiger partial charge in [0.1, 0.15) is 0 Å². The summed E-state index contributed by atoms with van der Waals surface area (Å²) >= 11 is 1.46. The molecule has 3 aromatic rings. The van der Waals surface area contributed by atoms with Gasteiger partial charge in [-0.2, -0.15) is 18.3 Å². The van der Waals surface area contributed by atoms with Crippen LogP contribution in [0.4, 0.5) is 19.0 Å². The quantitative estimate of drug-likeness (QED) is 0.756. The largest absolute Gasteiger partial charge is 0.417 e. The first-order valence-corrected chi connectivity index (χ1v) is 6.76. The van der Waals surface area contributed by atoms with Gasteiger partial charge in [-0.05, 0) is 23.6 Å². The zero-order valence-corrected chi connectivity index (χ0v) is 11.3. The third kappa shape index (κ3) is 2.49. The van der Waals surface area contributed by atoms with Crippen molar-refractivity contribution >= 4 is 17.2 Å². The topological polar surface area (TPSA) is 67.6 Å². The second kappa shape index (κ2) is 4.88. The summed E-state index contributed by atoms with van der Waals surface area (Å²) in [6.45, 7) is 0. The SMILES string of the molecule is Nc1n[nH]c(-c2ccc(C(F)(F)F)cn2)c1-c1cccs1. The first-order chi connectivity index (χ1) is 9.97. The molecule has 0 radical (unpaired) electrons. The van der Waals surface area contributed by atoms with Gasteiger partial charge >= 0.3 is 6.18 Å². The highest BCUT2D eigenvalue weighted by Crippen LogP contribution is 2.37. The van der Waals surface area contributed by atoms with Crippen LogP contribution in [0.1, 0.15) is 5.56 Å². The van der Waals surface area contributed by atoms with E-state index in [9.17, 15) is 13.2 Å². The smallest absolute Gasteiger partial charge is 0.382 e. The van der Waals surface area contributed by atoms with Crippen LogP contribution in [0, 0.1) is 0 Å². The molecule has 0 fully saturated rings. The van der Waals surface area contributed by atoms with Gasteiger partial charge in [0.15, 0.2) is 5.82 Å². The standard InChI is InChI=1S/C13H9F3N4S/c14-13(15,16)7-3-4-8(18-6-7)11-10(12(17)20-19-11)9-2-1-5-21-9/h1-6H,(H3,17,19,20). The second-order valence-corrected chi connectivity index (χ2v) is 5.21. The monoisotopic (exact) mass is 310 g/mol. The Labute approximate surface area is 121 Å². The van der Waals surface area contributed by atoms with E-state index in [1.807, 2.05) is 17.5 Å². The average Bonchev–Trinajstić information content (AvgIpc) is 3.06. The zero-order valence-electron chi connectivity index (χ0n) is 10.5. The van der Waals surface area contributed by atoms with E-state index in [1.165, 1.54) is 17.4 Å². The number of alkyl halides is 3. The number of nitrogen functional groups attached to an aromatic ring is 1. The van der Waals surface area contributed by atoms with E-state index in [4.69, 9.17) is 5.73 Å². The minimum atomic E-state index is -4.41. The van der Waals surface area contributed by atoms with Crippen LogP contribution in [0.3, 0.4) is 0 Å². The number of anilines is 1. The molecule has 108 valence electrons. The van der Waals surface area contributed by atoms with Gasteiger partial charge in [0.05, 0.1) is 22.5 Å². The maximum absolute atomic E-state index is 12.6. The minimum absolute atomic E-state index is 0.286. The summed E-state index contributed by atoms with van der Waals surface area (Å²) < 4.78 is 37.7. The number of nitrogens with zero attached hydrogens (tertiary/aromatic N) is 2. The fourth-order valence-corrected chi connectivity index (χ4v) is 2.71. The summed E-state index contributed by atoms with van der Waals surface area (Å²) in [6.07, 6.45) is -3.61. The summed E-state index contributed by atoms with van der Waals surface area (Å²) in [6, 6.07) is 6.00. The van der Waals surface area contributed by atoms with Crippen molar-refractivity contribution in [1.29, 1.82) is 0 Å². The number of hydrogen-bond donors (Lipinski definition) is 2. The summed E-state index contributed by atoms with van der Waals surface area (Å²) in [4.78, 5) is 4.73. The molecule has 0 aliphatic carbocycles. The highest BCUT2D eigenvalue weighted by Gasteiger charge is 2.31. The van der Waals surface area contributed by atoms with Crippen LogP contribution in [0.2, 0.25) is 0 Å². The molecule has 8 heteroatoms. The number of nitrogens with two attached hydrogens (primary N) is 1. The fraction of sp³-hybridized carbons (Fsp3) is 0.0769. The van der Waals surface area contributed by atoms with Gasteiger partial charge < -0.3 is 5.73 Å². The summed E-state index contributed by atoms with van der Waals surface area (Å²) in [5, 5.41) is 8.52. The first kappa shape index (κ1) is 13.6. The van der Waals surface area contributed by atoms with Crippen LogP contribution in [-0.4, -0.2) is 15.2 Å². The highest BCUT2D eigenvalue weighted by molar-refractivity contribution is 7.13. The maximum atomic E-state index is 12.6. The van der Waals surface area contributed by atoms with E-state index in [2.05, 4.69) is 15.2 Å². The predicted octanol–water partition coefficient (Wildman–Crippen LogP) is 3.80. The maximum Gasteiger partial charge on any atom is 0.417 e. The Balaban J connectivity index is 2.06. The van der Waals surface area contributed by atoms with Crippen LogP contribution in [0.15, 0.2) is 35.8 Å². The van der Waals surface area contributed by atoms with Crippen molar-refractivity contribution in [2.75, 3.05) is 5.73 Å². The first-order valence-electron chi connectivity index (χ1n) is 5.88. The van der Waals surface area contributed by atoms with Gasteiger partial charge in [-0.15, -0.1) is 11.3 Å². The zero-order chi connectivity index (χ0) is 15.0. The number of H-pyrrole nitrogens is 1. The summed E-state index contributed by atoms with van der Waals surface area (Å²) in [5.41, 5.74) is 6.54. The van der Waals surface area contributed by atoms with Crippen molar-refractivity contribution < 1.29 is 13.2 Å². The molecule has 3 N–H and O–H groups in total. The van der Waals surface area contributed by atoms with Crippen molar-refractivity contribution in [1.82, 2.24) is 15.2 Å². The number of rotatable bonds is 2. The van der Waals surface area contributed by atoms with Crippen LogP contribution in [0.5, 0.6) is 0 Å². The third-order valence-corrected chi connectivity index (χ3v) is 3.80. The number of thiophene rings is 1. The van der Waals surface area contributed by atoms with Gasteiger partial charge in [-0.3, -0.25) is 10.1 Å². The lowest BCUT2D eigenvalue weighted by Gasteiger charge is -2.07. The molecule has 0 aliphatic heterocycles. The fourth-order valence-electron chi connectivity index (χ4n) is 1.92. The molecular formula is C13H9F3N4S. The van der Waals surface area contributed by atoms with Gasteiger partial charge in [0.2, 0.25) is 0 Å². The van der Waals surface area contributed by atoms with E-state index in [1.54, 1.807) is 0 Å². The lowest BCUT2D eigenvalue weighted by atomic mass is 10.1. The van der Waals surface area contributed by atoms with Gasteiger partial charge in [-0.25, -0.2) is 0 Å². The molecule has 0 saturated carbocycles. The minimum Gasteiger partial charge on any atom is -0.382 e. The molecule has 0 unspecified atom stereocenters. The van der Waals surface area contributed by atoms with E-state index in [0.717, 1.165) is 17.1 Å². The number of halogens is 3. The molecule has 0 aromatic carbocycles. The Morgan fingerprint density at radius 3 is 2.57 bits per heavy atom. The second-order valence-electron chi connectivity index (χ2n) is 4.27. The Hall–Kier alpha value is -2.35. The van der Waals surface area contributed by atoms with Crippen LogP contribution >= 0.6 is 11.3 Å². The van der Waals surface area contributed by atoms with Crippen molar-refractivity contribution in [2.24, 2.45) is 0 Å². The molecule has 4 nitrogen and oxygen atoms in total. The van der Waals surface area contributed by atoms with Crippen molar-refractivity contribution in [3.8, 4) is 21.8 Å². The van der Waals surface area contributed by atoms with Gasteiger partial charge in [0, 0.05) is 11.1 Å². The van der Waals surface area contributed by atoms with Crippen molar-refractivity contribution in [3.63, 3.8) is 0 Å². The molecule has 3 heterocycles. The normalized spacial score (nSPS) is 11.8. The van der Waals surface area contributed by atoms with E-state index < -0.39 is 11.7 Å². The summed E-state index contributed by atoms with van der Waals surface area (Å²) in [5.74, 6) is 0.286. The van der Waals surface area contributed by atoms with Crippen LogP contribution < -0.4 is 5.73 Å². The third-order valence-electron chi connectivity index (χ3n) is 2.91. The van der Waals surface area contributed by atoms with Gasteiger partial charge in [0.25, 0.3) is 0 Å². The van der Waals surface area contributed by atoms with Gasteiger partial charge in [-0.1, -0.05) is 6.07 Å². The lowest BCUT2D eigenvalue weighted by Crippen LogP contribution is -2.05. The van der Waals surface area contributed by atoms with Crippen LogP contribution in [-0.2, 0) is 6.18 Å². The van der Waals surface area contributed by atoms with Crippen LogP contribution in [0.25, 0.3) is 21.8 Å². The van der Waals surface area contributed by atoms with Crippen molar-refractivity contribution in [2.45, 2.75) is 6.18 Å². The molecule has 21 heavy (non-hydrogen) atoms. The number of pyridine rings is 1. The Morgan fingerprint density at radius 2 is 2.00 bits per heavy atom. The number of hydrogen-bond acceptors (Lipinski definition) is 4. The Morgan fingerprint density at radius 1 is 1.19 bits per heavy atom. The molecule has 0 atom stereocenters. The number of aromatic amines is 1. The average molecular weight is 310 g/mol. The Kier molecular flexibility index (Phi) is 3.17. The molecular weight excluding hydrogens is 301 g/mol. The summed E-state index contributed by atoms with van der Waals surface area (Å²) in [7, 11) is 0. The molecule has 0 aliphatic rings.